The third-order valence-electron chi connectivity index (χ3n) is 12.0. The SMILES string of the molecule is COC(=O)N[C@@H](Cc1cn(C)cn1)C(=O)N1CCC[C@H]1c1ncc(-c2ccc(-c3ccc(-c4cnc([C@@H]5C[Si](C)(C)CN5C(=O)[C@H](Cc5cn(C)cn5)NC(=O)OC)[nH]4)cc3)cc2)[nH]1. The number of amides is 4. The van der Waals surface area contributed by atoms with Crippen molar-refractivity contribution in [3.05, 3.63) is 109 Å². The van der Waals surface area contributed by atoms with Gasteiger partial charge in [0.15, 0.2) is 0 Å². The Labute approximate surface area is 371 Å². The maximum absolute atomic E-state index is 14.2. The average Bonchev–Trinajstić information content (AvgIpc) is 4.16. The number of nitrogens with zero attached hydrogens (tertiary/aromatic N) is 8. The molecule has 2 fully saturated rings. The first kappa shape index (κ1) is 43.6. The molecule has 4 atom stereocenters. The van der Waals surface area contributed by atoms with Crippen LogP contribution in [0.25, 0.3) is 33.6 Å². The summed E-state index contributed by atoms with van der Waals surface area (Å²) >= 11 is 0. The van der Waals surface area contributed by atoms with Crippen LogP contribution in [0.3, 0.4) is 0 Å². The Kier molecular flexibility index (Phi) is 12.5. The number of methoxy groups -OCH3 is 2. The predicted octanol–water partition coefficient (Wildman–Crippen LogP) is 5.33. The van der Waals surface area contributed by atoms with Crippen molar-refractivity contribution in [3.8, 4) is 33.6 Å². The minimum atomic E-state index is -1.82. The third kappa shape index (κ3) is 9.63. The Morgan fingerprint density at radius 3 is 1.59 bits per heavy atom. The van der Waals surface area contributed by atoms with Crippen molar-refractivity contribution in [2.75, 3.05) is 26.9 Å². The number of benzene rings is 2. The highest BCUT2D eigenvalue weighted by molar-refractivity contribution is 6.78. The summed E-state index contributed by atoms with van der Waals surface area (Å²) in [5.41, 5.74) is 7.05. The van der Waals surface area contributed by atoms with Crippen molar-refractivity contribution in [1.82, 2.24) is 59.5 Å². The van der Waals surface area contributed by atoms with E-state index in [9.17, 15) is 19.2 Å². The van der Waals surface area contributed by atoms with Gasteiger partial charge in [-0.2, -0.15) is 0 Å². The van der Waals surface area contributed by atoms with Gasteiger partial charge >= 0.3 is 12.2 Å². The van der Waals surface area contributed by atoms with Crippen molar-refractivity contribution in [1.29, 1.82) is 0 Å². The van der Waals surface area contributed by atoms with E-state index in [1.165, 1.54) is 14.2 Å². The number of aryl methyl sites for hydroxylation is 2. The molecule has 2 aliphatic rings. The molecule has 2 saturated heterocycles. The molecule has 6 heterocycles. The van der Waals surface area contributed by atoms with Crippen LogP contribution in [0.4, 0.5) is 9.59 Å². The van der Waals surface area contributed by atoms with Crippen molar-refractivity contribution >= 4 is 32.1 Å². The van der Waals surface area contributed by atoms with E-state index in [0.29, 0.717) is 35.7 Å². The number of imidazole rings is 4. The lowest BCUT2D eigenvalue weighted by molar-refractivity contribution is -0.135. The standard InChI is InChI=1S/C45H54N12O6Si/c1-54-22-32(48-25-54)18-34(52-44(60)62-3)42(58)56-17-7-8-38(56)40-46-20-36(50-40)30-13-9-28(10-14-30)29-11-15-31(16-12-29)37-21-47-41(51-37)39-24-64(5,6)27-57(39)43(59)35(53-45(61)63-4)19-33-23-55(2)26-49-33/h9-16,20-23,25-26,34-35,38-39H,7-8,17-19,24,27H2,1-6H3,(H,46,50)(H,47,51)(H,52,60)(H,53,61)/t34-,35-,38-,39-/m0/s1. The normalized spacial score (nSPS) is 17.8. The summed E-state index contributed by atoms with van der Waals surface area (Å²) in [4.78, 5) is 81.5. The molecule has 19 heteroatoms. The van der Waals surface area contributed by atoms with E-state index in [-0.39, 0.29) is 36.7 Å². The monoisotopic (exact) mass is 886 g/mol. The van der Waals surface area contributed by atoms with E-state index in [2.05, 4.69) is 80.1 Å². The molecule has 0 bridgehead atoms. The lowest BCUT2D eigenvalue weighted by Gasteiger charge is -2.28. The Morgan fingerprint density at radius 2 is 1.14 bits per heavy atom. The number of carbonyl (C=O) groups is 4. The van der Waals surface area contributed by atoms with Gasteiger partial charge in [0.25, 0.3) is 0 Å². The predicted molar refractivity (Wildman–Crippen MR) is 240 cm³/mol. The van der Waals surface area contributed by atoms with Gasteiger partial charge in [-0.05, 0) is 41.1 Å². The van der Waals surface area contributed by atoms with Crippen LogP contribution >= 0.6 is 0 Å². The van der Waals surface area contributed by atoms with Crippen molar-refractivity contribution < 1.29 is 28.7 Å². The molecule has 4 amide bonds. The molecule has 64 heavy (non-hydrogen) atoms. The first-order valence-corrected chi connectivity index (χ1v) is 24.7. The van der Waals surface area contributed by atoms with Crippen molar-refractivity contribution in [2.24, 2.45) is 14.1 Å². The molecule has 334 valence electrons. The zero-order valence-electron chi connectivity index (χ0n) is 36.9. The minimum Gasteiger partial charge on any atom is -0.453 e. The molecule has 8 rings (SSSR count). The van der Waals surface area contributed by atoms with E-state index < -0.39 is 32.3 Å². The fourth-order valence-corrected chi connectivity index (χ4v) is 11.7. The van der Waals surface area contributed by atoms with Gasteiger partial charge in [0.1, 0.15) is 23.7 Å². The van der Waals surface area contributed by atoms with Crippen LogP contribution in [-0.4, -0.2) is 120 Å². The number of hydrogen-bond donors (Lipinski definition) is 4. The second-order valence-corrected chi connectivity index (χ2v) is 22.5. The first-order chi connectivity index (χ1) is 30.8. The fourth-order valence-electron chi connectivity index (χ4n) is 8.82. The largest absolute Gasteiger partial charge is 0.453 e. The second kappa shape index (κ2) is 18.4. The maximum Gasteiger partial charge on any atom is 0.407 e. The first-order valence-electron chi connectivity index (χ1n) is 21.3. The number of likely N-dealkylation sites (tertiary alicyclic amines) is 1. The highest BCUT2D eigenvalue weighted by atomic mass is 28.3. The Hall–Kier alpha value is -7.02. The van der Waals surface area contributed by atoms with E-state index in [1.54, 1.807) is 28.3 Å². The quantitative estimate of drug-likeness (QED) is 0.110. The molecule has 0 unspecified atom stereocenters. The number of alkyl carbamates (subject to hydrolysis) is 2. The van der Waals surface area contributed by atoms with Crippen LogP contribution in [0.1, 0.15) is 48.0 Å². The molecule has 0 spiro atoms. The lowest BCUT2D eigenvalue weighted by Crippen LogP contribution is -2.50. The minimum absolute atomic E-state index is 0.190. The molecule has 4 N–H and O–H groups in total. The summed E-state index contributed by atoms with van der Waals surface area (Å²) < 4.78 is 13.3. The lowest BCUT2D eigenvalue weighted by atomic mass is 10.0. The van der Waals surface area contributed by atoms with Gasteiger partial charge in [0, 0.05) is 52.0 Å². The van der Waals surface area contributed by atoms with Crippen LogP contribution < -0.4 is 10.6 Å². The molecule has 0 radical (unpaired) electrons. The maximum atomic E-state index is 14.2. The van der Waals surface area contributed by atoms with Crippen LogP contribution in [-0.2, 0) is 46.0 Å². The Bertz CT molecular complexity index is 2610. The summed E-state index contributed by atoms with van der Waals surface area (Å²) in [6.07, 6.45) is 11.9. The molecule has 2 aromatic carbocycles. The van der Waals surface area contributed by atoms with Crippen LogP contribution in [0.2, 0.25) is 19.1 Å². The zero-order valence-corrected chi connectivity index (χ0v) is 37.9. The molecule has 2 aliphatic heterocycles. The van der Waals surface area contributed by atoms with Gasteiger partial charge in [0.05, 0.1) is 82.2 Å². The van der Waals surface area contributed by atoms with Gasteiger partial charge in [-0.1, -0.05) is 61.6 Å². The van der Waals surface area contributed by atoms with E-state index >= 15 is 0 Å². The average molecular weight is 887 g/mol. The second-order valence-electron chi connectivity index (χ2n) is 17.4. The molecule has 0 saturated carbocycles. The van der Waals surface area contributed by atoms with Crippen LogP contribution in [0.15, 0.2) is 86.0 Å². The van der Waals surface area contributed by atoms with E-state index in [0.717, 1.165) is 52.5 Å². The number of nitrogens with one attached hydrogen (secondary N) is 4. The number of rotatable bonds is 13. The molecule has 6 aromatic rings. The van der Waals surface area contributed by atoms with E-state index in [4.69, 9.17) is 19.4 Å². The van der Waals surface area contributed by atoms with Crippen molar-refractivity contribution in [3.63, 3.8) is 0 Å². The molecule has 4 aromatic heterocycles. The molecule has 0 aliphatic carbocycles. The molecular formula is C45H54N12O6Si. The summed E-state index contributed by atoms with van der Waals surface area (Å²) in [5, 5.41) is 5.45. The molecular weight excluding hydrogens is 833 g/mol. The summed E-state index contributed by atoms with van der Waals surface area (Å²) in [5.74, 6) is 1.00. The van der Waals surface area contributed by atoms with Gasteiger partial charge in [0.2, 0.25) is 11.8 Å². The highest BCUT2D eigenvalue weighted by Crippen LogP contribution is 2.38. The summed E-state index contributed by atoms with van der Waals surface area (Å²) in [7, 11) is 4.45. The van der Waals surface area contributed by atoms with Gasteiger partial charge in [-0.25, -0.2) is 29.5 Å². The number of aromatic amines is 2. The topological polar surface area (TPSA) is 210 Å². The van der Waals surface area contributed by atoms with Gasteiger partial charge in [-0.3, -0.25) is 9.59 Å². The number of carbonyl (C=O) groups excluding carboxylic acids is 4. The van der Waals surface area contributed by atoms with Gasteiger partial charge in [-0.15, -0.1) is 0 Å². The molecule has 18 nitrogen and oxygen atoms in total. The zero-order chi connectivity index (χ0) is 45.1. The third-order valence-corrected chi connectivity index (χ3v) is 14.7. The summed E-state index contributed by atoms with van der Waals surface area (Å²) in [6, 6.07) is 15.1. The number of H-pyrrole nitrogens is 2. The fraction of sp³-hybridized carbons (Fsp3) is 0.378. The smallest absolute Gasteiger partial charge is 0.407 e. The number of aromatic nitrogens is 8. The van der Waals surface area contributed by atoms with Crippen molar-refractivity contribution in [2.45, 2.75) is 69.0 Å². The Morgan fingerprint density at radius 1 is 0.688 bits per heavy atom. The van der Waals surface area contributed by atoms with Gasteiger partial charge < -0.3 is 49.0 Å². The summed E-state index contributed by atoms with van der Waals surface area (Å²) in [6.45, 7) is 5.07. The number of hydrogen-bond acceptors (Lipinski definition) is 10. The van der Waals surface area contributed by atoms with E-state index in [1.807, 2.05) is 54.3 Å². The Balaban J connectivity index is 0.931. The van der Waals surface area contributed by atoms with Crippen LogP contribution in [0, 0.1) is 0 Å². The van der Waals surface area contributed by atoms with Crippen LogP contribution in [0.5, 0.6) is 0 Å². The highest BCUT2D eigenvalue weighted by Gasteiger charge is 2.45. The number of ether oxygens (including phenoxy) is 2.